The SMILES string of the molecule is NC1CCCN(c2ccc(I)cc2)C1. The van der Waals surface area contributed by atoms with Crippen molar-refractivity contribution < 1.29 is 0 Å². The first-order valence-corrected chi connectivity index (χ1v) is 6.09. The summed E-state index contributed by atoms with van der Waals surface area (Å²) in [6.07, 6.45) is 2.38. The Morgan fingerprint density at radius 2 is 2.00 bits per heavy atom. The predicted molar refractivity (Wildman–Crippen MR) is 68.6 cm³/mol. The van der Waals surface area contributed by atoms with Crippen molar-refractivity contribution in [2.24, 2.45) is 5.73 Å². The van der Waals surface area contributed by atoms with Gasteiger partial charge in [-0.15, -0.1) is 0 Å². The largest absolute Gasteiger partial charge is 0.370 e. The van der Waals surface area contributed by atoms with Gasteiger partial charge in [-0.3, -0.25) is 0 Å². The van der Waals surface area contributed by atoms with E-state index in [1.165, 1.54) is 22.1 Å². The fourth-order valence-corrected chi connectivity index (χ4v) is 2.26. The highest BCUT2D eigenvalue weighted by molar-refractivity contribution is 14.1. The molecule has 0 aromatic heterocycles. The summed E-state index contributed by atoms with van der Waals surface area (Å²) >= 11 is 2.33. The van der Waals surface area contributed by atoms with Crippen molar-refractivity contribution in [3.63, 3.8) is 0 Å². The lowest BCUT2D eigenvalue weighted by molar-refractivity contribution is 0.506. The van der Waals surface area contributed by atoms with Gasteiger partial charge in [-0.25, -0.2) is 0 Å². The maximum atomic E-state index is 5.95. The zero-order valence-corrected chi connectivity index (χ0v) is 10.3. The molecule has 1 unspecified atom stereocenters. The van der Waals surface area contributed by atoms with Crippen LogP contribution in [0.25, 0.3) is 0 Å². The molecule has 1 aromatic rings. The van der Waals surface area contributed by atoms with Crippen LogP contribution in [0.2, 0.25) is 0 Å². The van der Waals surface area contributed by atoms with Crippen molar-refractivity contribution in [1.29, 1.82) is 0 Å². The minimum absolute atomic E-state index is 0.350. The minimum Gasteiger partial charge on any atom is -0.370 e. The number of anilines is 1. The third kappa shape index (κ3) is 2.39. The lowest BCUT2D eigenvalue weighted by Gasteiger charge is -2.32. The predicted octanol–water partition coefficient (Wildman–Crippen LogP) is 2.22. The zero-order chi connectivity index (χ0) is 9.97. The molecular formula is C11H15IN2. The summed E-state index contributed by atoms with van der Waals surface area (Å²) in [6.45, 7) is 2.15. The number of nitrogens with zero attached hydrogens (tertiary/aromatic N) is 1. The number of rotatable bonds is 1. The molecule has 2 rings (SSSR count). The molecule has 3 heteroatoms. The van der Waals surface area contributed by atoms with Crippen LogP contribution in [-0.4, -0.2) is 19.1 Å². The lowest BCUT2D eigenvalue weighted by Crippen LogP contribution is -2.42. The number of hydrogen-bond donors (Lipinski definition) is 1. The maximum Gasteiger partial charge on any atom is 0.0367 e. The molecule has 0 spiro atoms. The lowest BCUT2D eigenvalue weighted by atomic mass is 10.1. The molecule has 0 radical (unpaired) electrons. The van der Waals surface area contributed by atoms with E-state index in [9.17, 15) is 0 Å². The van der Waals surface area contributed by atoms with Gasteiger partial charge in [0.15, 0.2) is 0 Å². The standard InChI is InChI=1S/C11H15IN2/c12-9-3-5-11(6-4-9)14-7-1-2-10(13)8-14/h3-6,10H,1-2,7-8,13H2. The van der Waals surface area contributed by atoms with E-state index in [2.05, 4.69) is 51.8 Å². The topological polar surface area (TPSA) is 29.3 Å². The summed E-state index contributed by atoms with van der Waals surface area (Å²) < 4.78 is 1.28. The second kappa shape index (κ2) is 4.49. The number of nitrogens with two attached hydrogens (primary N) is 1. The first-order valence-electron chi connectivity index (χ1n) is 5.02. The maximum absolute atomic E-state index is 5.95. The van der Waals surface area contributed by atoms with Gasteiger partial charge in [-0.2, -0.15) is 0 Å². The zero-order valence-electron chi connectivity index (χ0n) is 8.12. The second-order valence-corrected chi connectivity index (χ2v) is 5.07. The first kappa shape index (κ1) is 10.2. The van der Waals surface area contributed by atoms with E-state index in [0.717, 1.165) is 13.1 Å². The monoisotopic (exact) mass is 302 g/mol. The number of benzene rings is 1. The van der Waals surface area contributed by atoms with E-state index >= 15 is 0 Å². The Hall–Kier alpha value is -0.290. The third-order valence-corrected chi connectivity index (χ3v) is 3.37. The molecule has 1 aliphatic rings. The van der Waals surface area contributed by atoms with Crippen LogP contribution < -0.4 is 10.6 Å². The molecule has 2 nitrogen and oxygen atoms in total. The van der Waals surface area contributed by atoms with Gasteiger partial charge in [-0.1, -0.05) is 0 Å². The van der Waals surface area contributed by atoms with Gasteiger partial charge in [0.05, 0.1) is 0 Å². The molecule has 1 atom stereocenters. The molecule has 1 saturated heterocycles. The van der Waals surface area contributed by atoms with Crippen LogP contribution in [-0.2, 0) is 0 Å². The van der Waals surface area contributed by atoms with Crippen LogP contribution in [0, 0.1) is 3.57 Å². The van der Waals surface area contributed by atoms with E-state index in [4.69, 9.17) is 5.73 Å². The highest BCUT2D eigenvalue weighted by Crippen LogP contribution is 2.20. The van der Waals surface area contributed by atoms with Crippen LogP contribution in [0.15, 0.2) is 24.3 Å². The van der Waals surface area contributed by atoms with Gasteiger partial charge in [0.2, 0.25) is 0 Å². The number of piperidine rings is 1. The van der Waals surface area contributed by atoms with Crippen molar-refractivity contribution >= 4 is 28.3 Å². The van der Waals surface area contributed by atoms with E-state index in [1.54, 1.807) is 0 Å². The first-order chi connectivity index (χ1) is 6.75. The Labute approximate surface area is 98.6 Å². The quantitative estimate of drug-likeness (QED) is 0.806. The summed E-state index contributed by atoms with van der Waals surface area (Å²) in [7, 11) is 0. The molecule has 1 fully saturated rings. The molecule has 76 valence electrons. The summed E-state index contributed by atoms with van der Waals surface area (Å²) in [5.74, 6) is 0. The Kier molecular flexibility index (Phi) is 3.28. The molecule has 1 aromatic carbocycles. The molecule has 2 N–H and O–H groups in total. The molecule has 14 heavy (non-hydrogen) atoms. The van der Waals surface area contributed by atoms with E-state index in [0.29, 0.717) is 6.04 Å². The van der Waals surface area contributed by atoms with Crippen LogP contribution in [0.4, 0.5) is 5.69 Å². The van der Waals surface area contributed by atoms with Crippen LogP contribution in [0.5, 0.6) is 0 Å². The van der Waals surface area contributed by atoms with E-state index in [1.807, 2.05) is 0 Å². The molecule has 0 amide bonds. The molecule has 0 saturated carbocycles. The fourth-order valence-electron chi connectivity index (χ4n) is 1.90. The molecule has 1 aliphatic heterocycles. The molecule has 0 aliphatic carbocycles. The Morgan fingerprint density at radius 3 is 2.64 bits per heavy atom. The van der Waals surface area contributed by atoms with Gasteiger partial charge < -0.3 is 10.6 Å². The summed E-state index contributed by atoms with van der Waals surface area (Å²) in [5, 5.41) is 0. The Balaban J connectivity index is 2.10. The van der Waals surface area contributed by atoms with Crippen LogP contribution in [0.1, 0.15) is 12.8 Å². The summed E-state index contributed by atoms with van der Waals surface area (Å²) in [6, 6.07) is 9.01. The van der Waals surface area contributed by atoms with E-state index < -0.39 is 0 Å². The van der Waals surface area contributed by atoms with Gasteiger partial charge in [0, 0.05) is 28.4 Å². The number of halogens is 1. The Bertz CT molecular complexity index is 297. The van der Waals surface area contributed by atoms with Crippen molar-refractivity contribution in [1.82, 2.24) is 0 Å². The molecule has 0 bridgehead atoms. The van der Waals surface area contributed by atoms with Crippen LogP contribution >= 0.6 is 22.6 Å². The Morgan fingerprint density at radius 1 is 1.29 bits per heavy atom. The van der Waals surface area contributed by atoms with Gasteiger partial charge in [0.25, 0.3) is 0 Å². The average molecular weight is 302 g/mol. The van der Waals surface area contributed by atoms with Crippen molar-refractivity contribution in [3.05, 3.63) is 27.8 Å². The summed E-state index contributed by atoms with van der Waals surface area (Å²) in [4.78, 5) is 2.38. The van der Waals surface area contributed by atoms with Gasteiger partial charge in [0.1, 0.15) is 0 Å². The van der Waals surface area contributed by atoms with Crippen molar-refractivity contribution in [3.8, 4) is 0 Å². The highest BCUT2D eigenvalue weighted by Gasteiger charge is 2.16. The van der Waals surface area contributed by atoms with Gasteiger partial charge in [-0.05, 0) is 59.7 Å². The minimum atomic E-state index is 0.350. The molecule has 1 heterocycles. The molecular weight excluding hydrogens is 287 g/mol. The van der Waals surface area contributed by atoms with Crippen LogP contribution in [0.3, 0.4) is 0 Å². The number of hydrogen-bond acceptors (Lipinski definition) is 2. The normalized spacial score (nSPS) is 22.4. The van der Waals surface area contributed by atoms with Crippen molar-refractivity contribution in [2.75, 3.05) is 18.0 Å². The third-order valence-electron chi connectivity index (χ3n) is 2.65. The highest BCUT2D eigenvalue weighted by atomic mass is 127. The van der Waals surface area contributed by atoms with Gasteiger partial charge >= 0.3 is 0 Å². The average Bonchev–Trinajstić information content (AvgIpc) is 2.19. The smallest absolute Gasteiger partial charge is 0.0367 e. The summed E-state index contributed by atoms with van der Waals surface area (Å²) in [5.41, 5.74) is 7.26. The second-order valence-electron chi connectivity index (χ2n) is 3.82. The van der Waals surface area contributed by atoms with Crippen molar-refractivity contribution in [2.45, 2.75) is 18.9 Å². The van der Waals surface area contributed by atoms with E-state index in [-0.39, 0.29) is 0 Å². The fraction of sp³-hybridized carbons (Fsp3) is 0.455.